The molecule has 0 aliphatic heterocycles. The maximum atomic E-state index is 12.9. The van der Waals surface area contributed by atoms with Crippen molar-refractivity contribution < 1.29 is 13.2 Å². The first-order chi connectivity index (χ1) is 9.22. The Balaban J connectivity index is 2.46. The van der Waals surface area contributed by atoms with Gasteiger partial charge in [-0.05, 0) is 19.3 Å². The van der Waals surface area contributed by atoms with Crippen LogP contribution in [0.5, 0.6) is 0 Å². The molecule has 112 valence electrons. The van der Waals surface area contributed by atoms with Crippen LogP contribution in [0.15, 0.2) is 9.59 Å². The van der Waals surface area contributed by atoms with Crippen molar-refractivity contribution in [3.8, 4) is 0 Å². The molecule has 1 aliphatic carbocycles. The summed E-state index contributed by atoms with van der Waals surface area (Å²) in [5.41, 5.74) is 1.50. The molecule has 0 bridgehead atoms. The molecule has 0 saturated heterocycles. The molecule has 0 aromatic carbocycles. The van der Waals surface area contributed by atoms with E-state index in [0.717, 1.165) is 4.57 Å². The van der Waals surface area contributed by atoms with Crippen LogP contribution in [0, 0.1) is 0 Å². The Hall–Kier alpha value is -1.93. The van der Waals surface area contributed by atoms with Gasteiger partial charge in [0, 0.05) is 6.54 Å². The highest BCUT2D eigenvalue weighted by Gasteiger charge is 2.64. The van der Waals surface area contributed by atoms with E-state index in [0.29, 0.717) is 6.42 Å². The Bertz CT molecular complexity index is 628. The van der Waals surface area contributed by atoms with E-state index in [1.165, 1.54) is 0 Å². The number of hydrogen-bond donors (Lipinski definition) is 3. The minimum absolute atomic E-state index is 0.123. The van der Waals surface area contributed by atoms with Crippen LogP contribution in [0.1, 0.15) is 26.2 Å². The summed E-state index contributed by atoms with van der Waals surface area (Å²) in [6.07, 6.45) is -4.16. The number of alkyl halides is 3. The zero-order chi connectivity index (χ0) is 15.1. The third-order valence-corrected chi connectivity index (χ3v) is 3.34. The first kappa shape index (κ1) is 14.5. The molecule has 6 nitrogen and oxygen atoms in total. The number of H-pyrrole nitrogens is 1. The summed E-state index contributed by atoms with van der Waals surface area (Å²) in [6.45, 7) is 2.00. The Kier molecular flexibility index (Phi) is 3.31. The van der Waals surface area contributed by atoms with Crippen LogP contribution >= 0.6 is 0 Å². The molecule has 20 heavy (non-hydrogen) atoms. The van der Waals surface area contributed by atoms with Gasteiger partial charge in [-0.3, -0.25) is 14.3 Å². The number of nitrogens with two attached hydrogens (primary N) is 1. The second-order valence-corrected chi connectivity index (χ2v) is 4.88. The number of aromatic nitrogens is 2. The van der Waals surface area contributed by atoms with E-state index in [4.69, 9.17) is 5.73 Å². The van der Waals surface area contributed by atoms with Crippen molar-refractivity contribution in [2.75, 3.05) is 11.1 Å². The fourth-order valence-electron chi connectivity index (χ4n) is 2.00. The third-order valence-electron chi connectivity index (χ3n) is 3.34. The summed E-state index contributed by atoms with van der Waals surface area (Å²) >= 11 is 0. The van der Waals surface area contributed by atoms with Gasteiger partial charge in [0.25, 0.3) is 5.56 Å². The molecule has 9 heteroatoms. The van der Waals surface area contributed by atoms with Gasteiger partial charge in [-0.25, -0.2) is 4.79 Å². The Morgan fingerprint density at radius 1 is 1.40 bits per heavy atom. The molecule has 1 aromatic heterocycles. The van der Waals surface area contributed by atoms with Gasteiger partial charge in [0.05, 0.1) is 0 Å². The molecule has 0 amide bonds. The van der Waals surface area contributed by atoms with E-state index in [1.807, 2.05) is 4.98 Å². The Morgan fingerprint density at radius 3 is 2.45 bits per heavy atom. The normalized spacial score (nSPS) is 17.0. The summed E-state index contributed by atoms with van der Waals surface area (Å²) in [4.78, 5) is 25.2. The van der Waals surface area contributed by atoms with E-state index < -0.39 is 28.7 Å². The van der Waals surface area contributed by atoms with Crippen molar-refractivity contribution in [2.24, 2.45) is 0 Å². The summed E-state index contributed by atoms with van der Waals surface area (Å²) in [6, 6.07) is 0. The van der Waals surface area contributed by atoms with Crippen LogP contribution in [0.25, 0.3) is 0 Å². The van der Waals surface area contributed by atoms with Crippen molar-refractivity contribution in [2.45, 2.75) is 44.4 Å². The van der Waals surface area contributed by atoms with Crippen molar-refractivity contribution in [1.29, 1.82) is 0 Å². The topological polar surface area (TPSA) is 92.9 Å². The van der Waals surface area contributed by atoms with Gasteiger partial charge in [-0.15, -0.1) is 0 Å². The van der Waals surface area contributed by atoms with E-state index in [1.54, 1.807) is 6.92 Å². The number of hydrogen-bond acceptors (Lipinski definition) is 4. The zero-order valence-electron chi connectivity index (χ0n) is 10.8. The van der Waals surface area contributed by atoms with Gasteiger partial charge in [0.15, 0.2) is 0 Å². The van der Waals surface area contributed by atoms with Crippen molar-refractivity contribution >= 4 is 11.5 Å². The summed E-state index contributed by atoms with van der Waals surface area (Å²) in [7, 11) is 0. The molecule has 1 saturated carbocycles. The van der Waals surface area contributed by atoms with Crippen LogP contribution in [-0.4, -0.2) is 21.3 Å². The minimum atomic E-state index is -4.47. The highest BCUT2D eigenvalue weighted by molar-refractivity contribution is 5.63. The highest BCUT2D eigenvalue weighted by atomic mass is 19.4. The third kappa shape index (κ3) is 2.27. The number of nitrogens with zero attached hydrogens (tertiary/aromatic N) is 1. The summed E-state index contributed by atoms with van der Waals surface area (Å²) in [5, 5.41) is 2.18. The van der Waals surface area contributed by atoms with E-state index in [-0.39, 0.29) is 25.2 Å². The van der Waals surface area contributed by atoms with Crippen LogP contribution in [-0.2, 0) is 6.54 Å². The van der Waals surface area contributed by atoms with Gasteiger partial charge in [-0.1, -0.05) is 6.92 Å². The fraction of sp³-hybridized carbons (Fsp3) is 0.636. The van der Waals surface area contributed by atoms with Crippen LogP contribution in [0.4, 0.5) is 24.7 Å². The number of nitrogen functional groups attached to an aromatic ring is 1. The van der Waals surface area contributed by atoms with Gasteiger partial charge in [-0.2, -0.15) is 13.2 Å². The first-order valence-corrected chi connectivity index (χ1v) is 6.19. The Labute approximate surface area is 111 Å². The average molecular weight is 292 g/mol. The van der Waals surface area contributed by atoms with E-state index in [9.17, 15) is 22.8 Å². The second kappa shape index (κ2) is 4.57. The van der Waals surface area contributed by atoms with Crippen LogP contribution in [0.3, 0.4) is 0 Å². The van der Waals surface area contributed by atoms with Gasteiger partial charge in [0.2, 0.25) is 0 Å². The predicted molar refractivity (Wildman–Crippen MR) is 67.7 cm³/mol. The molecule has 4 N–H and O–H groups in total. The lowest BCUT2D eigenvalue weighted by Crippen LogP contribution is -2.42. The van der Waals surface area contributed by atoms with Gasteiger partial charge in [0.1, 0.15) is 17.0 Å². The predicted octanol–water partition coefficient (Wildman–Crippen LogP) is 1.04. The van der Waals surface area contributed by atoms with Crippen molar-refractivity contribution in [3.63, 3.8) is 0 Å². The Morgan fingerprint density at radius 2 is 2.00 bits per heavy atom. The average Bonchev–Trinajstić information content (AvgIpc) is 3.10. The maximum Gasteiger partial charge on any atom is 0.411 e. The quantitative estimate of drug-likeness (QED) is 0.773. The SMILES string of the molecule is CCCn1c(N)c(NC2(C(F)(F)F)CC2)c(=O)[nH]c1=O. The minimum Gasteiger partial charge on any atom is -0.383 e. The monoisotopic (exact) mass is 292 g/mol. The number of rotatable bonds is 4. The lowest BCUT2D eigenvalue weighted by Gasteiger charge is -2.23. The fourth-order valence-corrected chi connectivity index (χ4v) is 2.00. The number of anilines is 2. The molecule has 1 aromatic rings. The standard InChI is InChI=1S/C11H15F3N4O2/c1-2-5-18-7(15)6(8(19)16-9(18)20)17-10(3-4-10)11(12,13)14/h17H,2-5,15H2,1H3,(H,16,19,20). The van der Waals surface area contributed by atoms with Gasteiger partial charge >= 0.3 is 11.9 Å². The molecule has 1 aliphatic rings. The number of aromatic amines is 1. The molecule has 0 radical (unpaired) electrons. The zero-order valence-corrected chi connectivity index (χ0v) is 10.8. The van der Waals surface area contributed by atoms with E-state index >= 15 is 0 Å². The molecule has 2 rings (SSSR count). The first-order valence-electron chi connectivity index (χ1n) is 6.19. The lowest BCUT2D eigenvalue weighted by molar-refractivity contribution is -0.151. The van der Waals surface area contributed by atoms with Crippen molar-refractivity contribution in [1.82, 2.24) is 9.55 Å². The van der Waals surface area contributed by atoms with Crippen LogP contribution in [0.2, 0.25) is 0 Å². The largest absolute Gasteiger partial charge is 0.411 e. The smallest absolute Gasteiger partial charge is 0.383 e. The van der Waals surface area contributed by atoms with Crippen molar-refractivity contribution in [3.05, 3.63) is 20.8 Å². The molecule has 0 atom stereocenters. The molecule has 0 unspecified atom stereocenters. The number of nitrogens with one attached hydrogen (secondary N) is 2. The summed E-state index contributed by atoms with van der Waals surface area (Å²) in [5.74, 6) is -0.267. The number of halogens is 3. The highest BCUT2D eigenvalue weighted by Crippen LogP contribution is 2.51. The molecule has 1 fully saturated rings. The molecule has 1 heterocycles. The van der Waals surface area contributed by atoms with E-state index in [2.05, 4.69) is 5.32 Å². The summed E-state index contributed by atoms with van der Waals surface area (Å²) < 4.78 is 39.7. The molecular formula is C11H15F3N4O2. The molecular weight excluding hydrogens is 277 g/mol. The second-order valence-electron chi connectivity index (χ2n) is 4.88. The molecule has 0 spiro atoms. The maximum absolute atomic E-state index is 12.9. The van der Waals surface area contributed by atoms with Gasteiger partial charge < -0.3 is 11.1 Å². The lowest BCUT2D eigenvalue weighted by atomic mass is 10.2. The van der Waals surface area contributed by atoms with Crippen LogP contribution < -0.4 is 22.3 Å².